The summed E-state index contributed by atoms with van der Waals surface area (Å²) in [5, 5.41) is 8.49. The molecule has 0 fully saturated rings. The summed E-state index contributed by atoms with van der Waals surface area (Å²) in [6, 6.07) is 13.6. The van der Waals surface area contributed by atoms with Gasteiger partial charge in [-0.25, -0.2) is 4.98 Å². The van der Waals surface area contributed by atoms with Crippen LogP contribution in [0.25, 0.3) is 11.3 Å². The molecule has 136 valence electrons. The van der Waals surface area contributed by atoms with Gasteiger partial charge in [0.15, 0.2) is 0 Å². The second kappa shape index (κ2) is 6.96. The Bertz CT molecular complexity index is 1040. The molecule has 2 N–H and O–H groups in total. The Labute approximate surface area is 161 Å². The molecular formula is C21H19N3O2S. The zero-order valence-corrected chi connectivity index (χ0v) is 15.9. The minimum Gasteiger partial charge on any atom is -0.326 e. The van der Waals surface area contributed by atoms with E-state index in [-0.39, 0.29) is 24.2 Å². The zero-order valence-electron chi connectivity index (χ0n) is 15.1. The van der Waals surface area contributed by atoms with E-state index in [9.17, 15) is 9.59 Å². The Morgan fingerprint density at radius 2 is 2.11 bits per heavy atom. The van der Waals surface area contributed by atoms with Crippen molar-refractivity contribution in [3.05, 3.63) is 64.0 Å². The van der Waals surface area contributed by atoms with E-state index in [1.54, 1.807) is 0 Å². The van der Waals surface area contributed by atoms with E-state index in [0.717, 1.165) is 38.8 Å². The fourth-order valence-electron chi connectivity index (χ4n) is 3.17. The minimum atomic E-state index is -0.154. The van der Waals surface area contributed by atoms with Gasteiger partial charge in [-0.05, 0) is 49.2 Å². The Morgan fingerprint density at radius 1 is 1.26 bits per heavy atom. The summed E-state index contributed by atoms with van der Waals surface area (Å²) in [5.74, 6) is -0.217. The average molecular weight is 377 g/mol. The highest BCUT2D eigenvalue weighted by atomic mass is 32.1. The quantitative estimate of drug-likeness (QED) is 0.710. The molecule has 6 heteroatoms. The fraction of sp³-hybridized carbons (Fsp3) is 0.190. The second-order valence-corrected chi connectivity index (χ2v) is 7.68. The van der Waals surface area contributed by atoms with Gasteiger partial charge < -0.3 is 10.6 Å². The van der Waals surface area contributed by atoms with Crippen molar-refractivity contribution >= 4 is 34.5 Å². The lowest BCUT2D eigenvalue weighted by Gasteiger charge is -2.05. The largest absolute Gasteiger partial charge is 0.326 e. The van der Waals surface area contributed by atoms with E-state index in [1.807, 2.05) is 61.7 Å². The van der Waals surface area contributed by atoms with Gasteiger partial charge in [0.2, 0.25) is 11.8 Å². The number of benzene rings is 2. The van der Waals surface area contributed by atoms with Crippen LogP contribution in [0.3, 0.4) is 0 Å². The maximum absolute atomic E-state index is 12.3. The molecule has 1 atom stereocenters. The lowest BCUT2D eigenvalue weighted by molar-refractivity contribution is -0.117. The molecule has 0 spiro atoms. The molecular weight excluding hydrogens is 358 g/mol. The SMILES string of the molecule is Cc1cccc(NC(=O)Cc2nc(-c3ccc4c(c3)[C@@H](C)C(=O)N4)cs2)c1. The minimum absolute atomic E-state index is 0.0222. The standard InChI is InChI=1S/C21H19N3O2S/c1-12-4-3-5-15(8-12)22-19(25)10-20-23-18(11-27-20)14-6-7-17-16(9-14)13(2)21(26)24-17/h3-9,11,13H,10H2,1-2H3,(H,22,25)(H,24,26)/t13-/m1/s1. The van der Waals surface area contributed by atoms with Gasteiger partial charge in [0.05, 0.1) is 18.0 Å². The number of aromatic nitrogens is 1. The normalized spacial score (nSPS) is 15.3. The van der Waals surface area contributed by atoms with Crippen LogP contribution in [0.15, 0.2) is 47.8 Å². The van der Waals surface area contributed by atoms with Gasteiger partial charge in [-0.1, -0.05) is 18.2 Å². The molecule has 27 heavy (non-hydrogen) atoms. The fourth-order valence-corrected chi connectivity index (χ4v) is 3.97. The van der Waals surface area contributed by atoms with Crippen LogP contribution >= 0.6 is 11.3 Å². The summed E-state index contributed by atoms with van der Waals surface area (Å²) in [6.07, 6.45) is 0.236. The van der Waals surface area contributed by atoms with Gasteiger partial charge in [0.1, 0.15) is 5.01 Å². The predicted octanol–water partition coefficient (Wildman–Crippen LogP) is 4.36. The molecule has 5 nitrogen and oxygen atoms in total. The molecule has 1 aliphatic rings. The van der Waals surface area contributed by atoms with E-state index >= 15 is 0 Å². The van der Waals surface area contributed by atoms with Crippen LogP contribution in [0.2, 0.25) is 0 Å². The number of anilines is 2. The van der Waals surface area contributed by atoms with E-state index in [2.05, 4.69) is 15.6 Å². The summed E-state index contributed by atoms with van der Waals surface area (Å²) in [6.45, 7) is 3.89. The third-order valence-electron chi connectivity index (χ3n) is 4.63. The lowest BCUT2D eigenvalue weighted by atomic mass is 10.00. The van der Waals surface area contributed by atoms with Gasteiger partial charge in [-0.15, -0.1) is 11.3 Å². The van der Waals surface area contributed by atoms with E-state index in [1.165, 1.54) is 11.3 Å². The molecule has 0 bridgehead atoms. The molecule has 1 aliphatic heterocycles. The number of carbonyl (C=O) groups excluding carboxylic acids is 2. The van der Waals surface area contributed by atoms with Gasteiger partial charge in [-0.2, -0.15) is 0 Å². The Balaban J connectivity index is 1.48. The predicted molar refractivity (Wildman–Crippen MR) is 108 cm³/mol. The number of nitrogens with one attached hydrogen (secondary N) is 2. The molecule has 2 amide bonds. The molecule has 2 aromatic carbocycles. The number of amides is 2. The van der Waals surface area contributed by atoms with Crippen LogP contribution in [-0.4, -0.2) is 16.8 Å². The highest BCUT2D eigenvalue weighted by Crippen LogP contribution is 2.35. The van der Waals surface area contributed by atoms with E-state index in [0.29, 0.717) is 0 Å². The highest BCUT2D eigenvalue weighted by molar-refractivity contribution is 7.10. The lowest BCUT2D eigenvalue weighted by Crippen LogP contribution is -2.14. The molecule has 0 unspecified atom stereocenters. The van der Waals surface area contributed by atoms with E-state index in [4.69, 9.17) is 0 Å². The first kappa shape index (κ1) is 17.4. The molecule has 0 aliphatic carbocycles. The third-order valence-corrected chi connectivity index (χ3v) is 5.48. The van der Waals surface area contributed by atoms with Crippen molar-refractivity contribution in [3.8, 4) is 11.3 Å². The first-order chi connectivity index (χ1) is 13.0. The number of nitrogens with zero attached hydrogens (tertiary/aromatic N) is 1. The maximum atomic E-state index is 12.3. The van der Waals surface area contributed by atoms with Crippen LogP contribution in [0.4, 0.5) is 11.4 Å². The molecule has 3 aromatic rings. The Kier molecular flexibility index (Phi) is 4.49. The number of thiazole rings is 1. The van der Waals surface area contributed by atoms with Crippen molar-refractivity contribution in [1.29, 1.82) is 0 Å². The maximum Gasteiger partial charge on any atom is 0.231 e. The molecule has 0 radical (unpaired) electrons. The number of aryl methyl sites for hydroxylation is 1. The van der Waals surface area contributed by atoms with Gasteiger partial charge in [0, 0.05) is 22.3 Å². The Hall–Kier alpha value is -2.99. The van der Waals surface area contributed by atoms with Crippen molar-refractivity contribution < 1.29 is 9.59 Å². The zero-order chi connectivity index (χ0) is 19.0. The van der Waals surface area contributed by atoms with Crippen LogP contribution in [0.1, 0.15) is 29.0 Å². The topological polar surface area (TPSA) is 71.1 Å². The molecule has 0 saturated heterocycles. The summed E-state index contributed by atoms with van der Waals surface area (Å²) >= 11 is 1.47. The second-order valence-electron chi connectivity index (χ2n) is 6.73. The summed E-state index contributed by atoms with van der Waals surface area (Å²) in [5.41, 5.74) is 5.53. The smallest absolute Gasteiger partial charge is 0.231 e. The average Bonchev–Trinajstić information content (AvgIpc) is 3.20. The van der Waals surface area contributed by atoms with Crippen molar-refractivity contribution in [1.82, 2.24) is 4.98 Å². The number of rotatable bonds is 4. The highest BCUT2D eigenvalue weighted by Gasteiger charge is 2.26. The monoisotopic (exact) mass is 377 g/mol. The van der Waals surface area contributed by atoms with Gasteiger partial charge >= 0.3 is 0 Å². The molecule has 4 rings (SSSR count). The molecule has 2 heterocycles. The van der Waals surface area contributed by atoms with Crippen molar-refractivity contribution in [3.63, 3.8) is 0 Å². The summed E-state index contributed by atoms with van der Waals surface area (Å²) < 4.78 is 0. The number of carbonyl (C=O) groups is 2. The number of fused-ring (bicyclic) bond motifs is 1. The van der Waals surface area contributed by atoms with Crippen LogP contribution in [0, 0.1) is 6.92 Å². The first-order valence-electron chi connectivity index (χ1n) is 8.76. The Morgan fingerprint density at radius 3 is 2.93 bits per heavy atom. The van der Waals surface area contributed by atoms with Crippen molar-refractivity contribution in [2.24, 2.45) is 0 Å². The van der Waals surface area contributed by atoms with Gasteiger partial charge in [0.25, 0.3) is 0 Å². The third kappa shape index (κ3) is 3.61. The number of hydrogen-bond acceptors (Lipinski definition) is 4. The molecule has 1 aromatic heterocycles. The number of hydrogen-bond donors (Lipinski definition) is 2. The summed E-state index contributed by atoms with van der Waals surface area (Å²) in [7, 11) is 0. The summed E-state index contributed by atoms with van der Waals surface area (Å²) in [4.78, 5) is 28.7. The molecule has 0 saturated carbocycles. The van der Waals surface area contributed by atoms with E-state index < -0.39 is 0 Å². The van der Waals surface area contributed by atoms with Crippen LogP contribution < -0.4 is 10.6 Å². The van der Waals surface area contributed by atoms with Crippen LogP contribution in [0.5, 0.6) is 0 Å². The first-order valence-corrected chi connectivity index (χ1v) is 9.63. The van der Waals surface area contributed by atoms with Crippen molar-refractivity contribution in [2.75, 3.05) is 10.6 Å². The van der Waals surface area contributed by atoms with Gasteiger partial charge in [-0.3, -0.25) is 9.59 Å². The van der Waals surface area contributed by atoms with Crippen LogP contribution in [-0.2, 0) is 16.0 Å². The van der Waals surface area contributed by atoms with Crippen molar-refractivity contribution in [2.45, 2.75) is 26.2 Å².